The summed E-state index contributed by atoms with van der Waals surface area (Å²) >= 11 is 0. The number of guanidine groups is 1. The van der Waals surface area contributed by atoms with Crippen LogP contribution in [0.25, 0.3) is 0 Å². The number of anilines is 1. The highest BCUT2D eigenvalue weighted by Crippen LogP contribution is 2.24. The maximum absolute atomic E-state index is 5.96. The third-order valence-electron chi connectivity index (χ3n) is 4.27. The molecule has 2 aromatic rings. The lowest BCUT2D eigenvalue weighted by atomic mass is 10.1. The number of methoxy groups -OCH3 is 1. The van der Waals surface area contributed by atoms with Crippen molar-refractivity contribution in [2.45, 2.75) is 25.7 Å². The molecule has 0 saturated carbocycles. The Morgan fingerprint density at radius 2 is 1.96 bits per heavy atom. The van der Waals surface area contributed by atoms with Gasteiger partial charge in [0.05, 0.1) is 13.7 Å². The van der Waals surface area contributed by atoms with E-state index >= 15 is 0 Å². The third-order valence-corrected chi connectivity index (χ3v) is 4.27. The molecule has 0 aliphatic heterocycles. The summed E-state index contributed by atoms with van der Waals surface area (Å²) in [7, 11) is 1.64. The van der Waals surface area contributed by atoms with E-state index < -0.39 is 0 Å². The maximum Gasteiger partial charge on any atom is 0.193 e. The fraction of sp³-hybridized carbons (Fsp3) is 0.350. The Kier molecular flexibility index (Phi) is 5.77. The lowest BCUT2D eigenvalue weighted by Crippen LogP contribution is -2.23. The first-order valence-corrected chi connectivity index (χ1v) is 8.70. The number of aliphatic imine (C=N–C) groups is 1. The van der Waals surface area contributed by atoms with Gasteiger partial charge in [-0.3, -0.25) is 4.99 Å². The van der Waals surface area contributed by atoms with Crippen LogP contribution in [0, 0.1) is 0 Å². The van der Waals surface area contributed by atoms with Crippen LogP contribution < -0.4 is 20.5 Å². The van der Waals surface area contributed by atoms with Gasteiger partial charge >= 0.3 is 0 Å². The van der Waals surface area contributed by atoms with Gasteiger partial charge in [0, 0.05) is 24.7 Å². The van der Waals surface area contributed by atoms with E-state index in [9.17, 15) is 0 Å². The summed E-state index contributed by atoms with van der Waals surface area (Å²) in [5, 5.41) is 3.17. The number of nitrogens with one attached hydrogen (secondary N) is 1. The van der Waals surface area contributed by atoms with E-state index in [-0.39, 0.29) is 0 Å². The molecule has 0 atom stereocenters. The lowest BCUT2D eigenvalue weighted by Gasteiger charge is -2.09. The number of rotatable bonds is 7. The average Bonchev–Trinajstić information content (AvgIpc) is 3.09. The topological polar surface area (TPSA) is 68.9 Å². The monoisotopic (exact) mass is 339 g/mol. The van der Waals surface area contributed by atoms with E-state index in [1.165, 1.54) is 24.0 Å². The number of hydrogen-bond acceptors (Lipinski definition) is 3. The molecule has 25 heavy (non-hydrogen) atoms. The number of hydrogen-bond donors (Lipinski definition) is 2. The maximum atomic E-state index is 5.96. The molecule has 0 saturated heterocycles. The summed E-state index contributed by atoms with van der Waals surface area (Å²) < 4.78 is 10.9. The Bertz CT molecular complexity index is 743. The van der Waals surface area contributed by atoms with Gasteiger partial charge in [0.1, 0.15) is 11.5 Å². The van der Waals surface area contributed by atoms with Crippen molar-refractivity contribution in [1.82, 2.24) is 0 Å². The second-order valence-corrected chi connectivity index (χ2v) is 6.11. The Balaban J connectivity index is 1.41. The first-order chi connectivity index (χ1) is 12.2. The summed E-state index contributed by atoms with van der Waals surface area (Å²) in [6.07, 6.45) is 4.38. The van der Waals surface area contributed by atoms with Gasteiger partial charge in [0.15, 0.2) is 5.96 Å². The highest BCUT2D eigenvalue weighted by Gasteiger charge is 2.10. The Morgan fingerprint density at radius 3 is 2.84 bits per heavy atom. The molecular weight excluding hydrogens is 314 g/mol. The van der Waals surface area contributed by atoms with Crippen LogP contribution in [0.3, 0.4) is 0 Å². The first-order valence-electron chi connectivity index (χ1n) is 8.70. The van der Waals surface area contributed by atoms with Crippen molar-refractivity contribution in [1.29, 1.82) is 0 Å². The second kappa shape index (κ2) is 8.42. The minimum absolute atomic E-state index is 0.444. The zero-order valence-corrected chi connectivity index (χ0v) is 14.6. The van der Waals surface area contributed by atoms with Gasteiger partial charge in [-0.2, -0.15) is 0 Å². The van der Waals surface area contributed by atoms with Gasteiger partial charge in [-0.15, -0.1) is 0 Å². The molecule has 1 aliphatic carbocycles. The number of ether oxygens (including phenoxy) is 2. The van der Waals surface area contributed by atoms with Gasteiger partial charge in [-0.25, -0.2) is 0 Å². The summed E-state index contributed by atoms with van der Waals surface area (Å²) in [5.41, 5.74) is 9.85. The number of fused-ring (bicyclic) bond motifs is 1. The van der Waals surface area contributed by atoms with Crippen LogP contribution in [0.2, 0.25) is 0 Å². The summed E-state index contributed by atoms with van der Waals surface area (Å²) in [6, 6.07) is 14.0. The number of benzene rings is 2. The molecule has 0 amide bonds. The average molecular weight is 339 g/mol. The fourth-order valence-corrected chi connectivity index (χ4v) is 2.98. The van der Waals surface area contributed by atoms with Crippen molar-refractivity contribution in [2.75, 3.05) is 25.6 Å². The highest BCUT2D eigenvalue weighted by atomic mass is 16.5. The van der Waals surface area contributed by atoms with Crippen molar-refractivity contribution in [3.05, 3.63) is 53.6 Å². The van der Waals surface area contributed by atoms with E-state index in [0.29, 0.717) is 19.1 Å². The summed E-state index contributed by atoms with van der Waals surface area (Å²) in [5.74, 6) is 2.03. The lowest BCUT2D eigenvalue weighted by molar-refractivity contribution is 0.311. The van der Waals surface area contributed by atoms with Crippen LogP contribution in [-0.4, -0.2) is 26.2 Å². The Morgan fingerprint density at radius 1 is 1.12 bits per heavy atom. The minimum atomic E-state index is 0.444. The molecule has 0 fully saturated rings. The van der Waals surface area contributed by atoms with Crippen LogP contribution in [-0.2, 0) is 12.8 Å². The third kappa shape index (κ3) is 4.89. The molecule has 0 aromatic heterocycles. The largest absolute Gasteiger partial charge is 0.497 e. The minimum Gasteiger partial charge on any atom is -0.497 e. The van der Waals surface area contributed by atoms with E-state index in [4.69, 9.17) is 15.2 Å². The van der Waals surface area contributed by atoms with E-state index in [1.807, 2.05) is 24.3 Å². The van der Waals surface area contributed by atoms with Gasteiger partial charge in [0.25, 0.3) is 0 Å². The molecule has 0 spiro atoms. The van der Waals surface area contributed by atoms with Crippen molar-refractivity contribution in [3.8, 4) is 11.5 Å². The highest BCUT2D eigenvalue weighted by molar-refractivity contribution is 5.92. The zero-order valence-electron chi connectivity index (χ0n) is 14.6. The molecule has 0 heterocycles. The number of nitrogens with zero attached hydrogens (tertiary/aromatic N) is 1. The molecule has 132 valence electrons. The van der Waals surface area contributed by atoms with Crippen molar-refractivity contribution >= 4 is 11.6 Å². The van der Waals surface area contributed by atoms with E-state index in [2.05, 4.69) is 28.5 Å². The fourth-order valence-electron chi connectivity index (χ4n) is 2.98. The van der Waals surface area contributed by atoms with Gasteiger partial charge in [0.2, 0.25) is 0 Å². The smallest absolute Gasteiger partial charge is 0.193 e. The summed E-state index contributed by atoms with van der Waals surface area (Å²) in [4.78, 5) is 4.36. The Hall–Kier alpha value is -2.69. The van der Waals surface area contributed by atoms with E-state index in [1.54, 1.807) is 7.11 Å². The normalized spacial score (nSPS) is 13.4. The van der Waals surface area contributed by atoms with Crippen molar-refractivity contribution < 1.29 is 9.47 Å². The second-order valence-electron chi connectivity index (χ2n) is 6.11. The van der Waals surface area contributed by atoms with Crippen LogP contribution in [0.4, 0.5) is 5.69 Å². The molecular formula is C20H25N3O2. The molecule has 5 nitrogen and oxygen atoms in total. The molecule has 0 bridgehead atoms. The van der Waals surface area contributed by atoms with Crippen LogP contribution in [0.15, 0.2) is 47.5 Å². The predicted molar refractivity (Wildman–Crippen MR) is 102 cm³/mol. The molecule has 0 unspecified atom stereocenters. The summed E-state index contributed by atoms with van der Waals surface area (Å²) in [6.45, 7) is 1.20. The molecule has 2 aromatic carbocycles. The zero-order chi connectivity index (χ0) is 17.5. The first kappa shape index (κ1) is 17.1. The Labute approximate surface area is 148 Å². The molecule has 5 heteroatoms. The van der Waals surface area contributed by atoms with Crippen LogP contribution in [0.1, 0.15) is 24.0 Å². The van der Waals surface area contributed by atoms with Crippen molar-refractivity contribution in [3.63, 3.8) is 0 Å². The standard InChI is InChI=1S/C20H25N3O2/c1-24-18-7-3-8-19(14-18)25-12-4-11-22-20(21)23-17-10-9-15-5-2-6-16(15)13-17/h3,7-10,13-14H,2,4-6,11-12H2,1H3,(H3,21,22,23). The van der Waals surface area contributed by atoms with Gasteiger partial charge in [-0.05, 0) is 54.7 Å². The number of nitrogens with two attached hydrogens (primary N) is 1. The van der Waals surface area contributed by atoms with Crippen LogP contribution >= 0.6 is 0 Å². The molecule has 0 radical (unpaired) electrons. The SMILES string of the molecule is COc1cccc(OCCCN=C(N)Nc2ccc3c(c2)CCC3)c1. The quantitative estimate of drug-likeness (QED) is 0.461. The van der Waals surface area contributed by atoms with Gasteiger partial charge < -0.3 is 20.5 Å². The number of aryl methyl sites for hydroxylation is 2. The predicted octanol–water partition coefficient (Wildman–Crippen LogP) is 3.38. The van der Waals surface area contributed by atoms with Crippen molar-refractivity contribution in [2.24, 2.45) is 10.7 Å². The molecule has 3 rings (SSSR count). The van der Waals surface area contributed by atoms with Crippen LogP contribution in [0.5, 0.6) is 11.5 Å². The molecule has 3 N–H and O–H groups in total. The van der Waals surface area contributed by atoms with Gasteiger partial charge in [-0.1, -0.05) is 12.1 Å². The van der Waals surface area contributed by atoms with E-state index in [0.717, 1.165) is 30.0 Å². The molecule has 1 aliphatic rings.